The summed E-state index contributed by atoms with van der Waals surface area (Å²) in [6.45, 7) is 8.43. The van der Waals surface area contributed by atoms with Crippen molar-refractivity contribution < 1.29 is 19.2 Å². The predicted octanol–water partition coefficient (Wildman–Crippen LogP) is 2.60. The summed E-state index contributed by atoms with van der Waals surface area (Å²) in [6.07, 6.45) is 2.54. The van der Waals surface area contributed by atoms with Crippen LogP contribution in [-0.4, -0.2) is 64.9 Å². The maximum Gasteiger partial charge on any atom is 0.410 e. The molecule has 0 unspecified atom stereocenters. The summed E-state index contributed by atoms with van der Waals surface area (Å²) in [5, 5.41) is 11.0. The van der Waals surface area contributed by atoms with E-state index in [0.29, 0.717) is 51.4 Å². The maximum absolute atomic E-state index is 12.3. The summed E-state index contributed by atoms with van der Waals surface area (Å²) in [5.74, 6) is 0.585. The Labute approximate surface area is 158 Å². The molecule has 27 heavy (non-hydrogen) atoms. The van der Waals surface area contributed by atoms with Crippen LogP contribution >= 0.6 is 0 Å². The van der Waals surface area contributed by atoms with Gasteiger partial charge in [0.05, 0.1) is 23.2 Å². The molecule has 3 rings (SSSR count). The van der Waals surface area contributed by atoms with Gasteiger partial charge in [0.25, 0.3) is 5.69 Å². The zero-order valence-corrected chi connectivity index (χ0v) is 16.0. The van der Waals surface area contributed by atoms with E-state index >= 15 is 0 Å². The van der Waals surface area contributed by atoms with Crippen molar-refractivity contribution in [2.75, 3.05) is 37.7 Å². The third-order valence-corrected chi connectivity index (χ3v) is 4.84. The molecule has 1 spiro atoms. The molecule has 9 heteroatoms. The van der Waals surface area contributed by atoms with E-state index in [1.165, 1.54) is 18.3 Å². The fraction of sp³-hybridized carbons (Fsp3) is 0.667. The van der Waals surface area contributed by atoms with Crippen molar-refractivity contribution in [1.29, 1.82) is 0 Å². The molecule has 1 aromatic heterocycles. The van der Waals surface area contributed by atoms with Crippen LogP contribution in [-0.2, 0) is 9.47 Å². The molecule has 1 amide bonds. The number of hydrogen-bond acceptors (Lipinski definition) is 7. The highest BCUT2D eigenvalue weighted by molar-refractivity contribution is 5.68. The van der Waals surface area contributed by atoms with Crippen molar-refractivity contribution in [3.63, 3.8) is 0 Å². The first-order valence-electron chi connectivity index (χ1n) is 9.15. The minimum atomic E-state index is -0.516. The number of ether oxygens (including phenoxy) is 2. The number of morpholine rings is 1. The fourth-order valence-corrected chi connectivity index (χ4v) is 3.46. The van der Waals surface area contributed by atoms with Crippen molar-refractivity contribution in [2.24, 2.45) is 0 Å². The molecule has 0 N–H and O–H groups in total. The second-order valence-corrected chi connectivity index (χ2v) is 8.05. The van der Waals surface area contributed by atoms with Crippen molar-refractivity contribution in [2.45, 2.75) is 44.8 Å². The SMILES string of the molecule is CC(C)(C)OC(=O)N1CCC2(CC1)CN(c1cc([N+](=O)[O-])ccn1)CCO2. The summed E-state index contributed by atoms with van der Waals surface area (Å²) >= 11 is 0. The molecule has 2 aliphatic rings. The van der Waals surface area contributed by atoms with Gasteiger partial charge in [-0.15, -0.1) is 0 Å². The van der Waals surface area contributed by atoms with Crippen molar-refractivity contribution >= 4 is 17.6 Å². The van der Waals surface area contributed by atoms with Crippen molar-refractivity contribution in [3.05, 3.63) is 28.4 Å². The summed E-state index contributed by atoms with van der Waals surface area (Å²) in [7, 11) is 0. The Balaban J connectivity index is 1.64. The number of carbonyl (C=O) groups excluding carboxylic acids is 1. The highest BCUT2D eigenvalue weighted by atomic mass is 16.6. The van der Waals surface area contributed by atoms with Crippen LogP contribution in [0.3, 0.4) is 0 Å². The maximum atomic E-state index is 12.3. The van der Waals surface area contributed by atoms with Gasteiger partial charge >= 0.3 is 6.09 Å². The third-order valence-electron chi connectivity index (χ3n) is 4.84. The number of rotatable bonds is 2. The van der Waals surface area contributed by atoms with Crippen molar-refractivity contribution in [3.8, 4) is 0 Å². The lowest BCUT2D eigenvalue weighted by Gasteiger charge is -2.47. The van der Waals surface area contributed by atoms with Crippen LogP contribution in [0.4, 0.5) is 16.3 Å². The molecular weight excluding hydrogens is 352 g/mol. The van der Waals surface area contributed by atoms with Gasteiger partial charge in [0.2, 0.25) is 0 Å². The van der Waals surface area contributed by atoms with Crippen LogP contribution in [0.1, 0.15) is 33.6 Å². The number of likely N-dealkylation sites (tertiary alicyclic amines) is 1. The van der Waals surface area contributed by atoms with Crippen LogP contribution in [0.5, 0.6) is 0 Å². The largest absolute Gasteiger partial charge is 0.444 e. The number of piperidine rings is 1. The average Bonchev–Trinajstić information content (AvgIpc) is 2.61. The number of nitro groups is 1. The fourth-order valence-electron chi connectivity index (χ4n) is 3.46. The predicted molar refractivity (Wildman–Crippen MR) is 98.8 cm³/mol. The number of hydrogen-bond donors (Lipinski definition) is 0. The average molecular weight is 378 g/mol. The van der Waals surface area contributed by atoms with E-state index in [1.807, 2.05) is 25.7 Å². The van der Waals surface area contributed by atoms with Gasteiger partial charge in [0.15, 0.2) is 0 Å². The van der Waals surface area contributed by atoms with E-state index in [1.54, 1.807) is 4.90 Å². The Hall–Kier alpha value is -2.42. The number of anilines is 1. The Morgan fingerprint density at radius 2 is 2.04 bits per heavy atom. The Morgan fingerprint density at radius 1 is 1.33 bits per heavy atom. The second-order valence-electron chi connectivity index (χ2n) is 8.05. The lowest BCUT2D eigenvalue weighted by molar-refractivity contribution is -0.384. The molecule has 2 fully saturated rings. The van der Waals surface area contributed by atoms with Gasteiger partial charge in [0, 0.05) is 38.4 Å². The molecule has 0 radical (unpaired) electrons. The van der Waals surface area contributed by atoms with E-state index in [4.69, 9.17) is 9.47 Å². The highest BCUT2D eigenvalue weighted by Gasteiger charge is 2.41. The molecule has 0 saturated carbocycles. The van der Waals surface area contributed by atoms with Gasteiger partial charge in [0.1, 0.15) is 11.4 Å². The zero-order valence-electron chi connectivity index (χ0n) is 16.0. The molecule has 2 aliphatic heterocycles. The monoisotopic (exact) mass is 378 g/mol. The summed E-state index contributed by atoms with van der Waals surface area (Å²) in [6, 6.07) is 2.88. The lowest BCUT2D eigenvalue weighted by Crippen LogP contribution is -2.58. The minimum absolute atomic E-state index is 0.0280. The third kappa shape index (κ3) is 4.65. The Bertz CT molecular complexity index is 710. The number of nitrogens with zero attached hydrogens (tertiary/aromatic N) is 4. The van der Waals surface area contributed by atoms with Crippen LogP contribution in [0.15, 0.2) is 18.3 Å². The Kier molecular flexibility index (Phi) is 5.23. The molecule has 0 atom stereocenters. The van der Waals surface area contributed by atoms with Crippen LogP contribution in [0.25, 0.3) is 0 Å². The topological polar surface area (TPSA) is 98.0 Å². The van der Waals surface area contributed by atoms with Gasteiger partial charge in [-0.25, -0.2) is 9.78 Å². The standard InChI is InChI=1S/C18H26N4O5/c1-17(2,3)27-16(23)20-8-5-18(6-9-20)13-21(10-11-26-18)15-12-14(22(24)25)4-7-19-15/h4,7,12H,5-6,8-11,13H2,1-3H3. The molecule has 2 saturated heterocycles. The van der Waals surface area contributed by atoms with Gasteiger partial charge in [-0.3, -0.25) is 10.1 Å². The molecule has 148 valence electrons. The summed E-state index contributed by atoms with van der Waals surface area (Å²) < 4.78 is 11.5. The normalized spacial score (nSPS) is 19.8. The molecule has 0 bridgehead atoms. The van der Waals surface area contributed by atoms with Gasteiger partial charge in [-0.05, 0) is 33.6 Å². The van der Waals surface area contributed by atoms with E-state index in [2.05, 4.69) is 4.98 Å². The first-order valence-corrected chi connectivity index (χ1v) is 9.15. The Morgan fingerprint density at radius 3 is 2.67 bits per heavy atom. The first-order chi connectivity index (χ1) is 12.7. The van der Waals surface area contributed by atoms with Crippen molar-refractivity contribution in [1.82, 2.24) is 9.88 Å². The number of pyridine rings is 1. The number of amides is 1. The molecule has 0 aliphatic carbocycles. The molecule has 0 aromatic carbocycles. The lowest BCUT2D eigenvalue weighted by atomic mass is 9.89. The van der Waals surface area contributed by atoms with Gasteiger partial charge in [-0.2, -0.15) is 0 Å². The quantitative estimate of drug-likeness (QED) is 0.576. The zero-order chi connectivity index (χ0) is 19.7. The van der Waals surface area contributed by atoms with E-state index in [9.17, 15) is 14.9 Å². The van der Waals surface area contributed by atoms with E-state index in [0.717, 1.165) is 0 Å². The number of carbonyl (C=O) groups is 1. The van der Waals surface area contributed by atoms with Crippen LogP contribution < -0.4 is 4.90 Å². The van der Waals surface area contributed by atoms with Gasteiger partial charge < -0.3 is 19.3 Å². The van der Waals surface area contributed by atoms with Crippen LogP contribution in [0.2, 0.25) is 0 Å². The minimum Gasteiger partial charge on any atom is -0.444 e. The number of aromatic nitrogens is 1. The first kappa shape index (κ1) is 19.3. The molecular formula is C18H26N4O5. The summed E-state index contributed by atoms with van der Waals surface area (Å²) in [4.78, 5) is 30.9. The molecule has 3 heterocycles. The van der Waals surface area contributed by atoms with E-state index in [-0.39, 0.29) is 17.4 Å². The van der Waals surface area contributed by atoms with E-state index < -0.39 is 10.5 Å². The molecule has 1 aromatic rings. The second kappa shape index (κ2) is 7.30. The molecule has 9 nitrogen and oxygen atoms in total. The smallest absolute Gasteiger partial charge is 0.410 e. The van der Waals surface area contributed by atoms with Crippen LogP contribution in [0, 0.1) is 10.1 Å². The highest BCUT2D eigenvalue weighted by Crippen LogP contribution is 2.33. The summed E-state index contributed by atoms with van der Waals surface area (Å²) in [5.41, 5.74) is -0.860. The van der Waals surface area contributed by atoms with Gasteiger partial charge in [-0.1, -0.05) is 0 Å².